The fraction of sp³-hybridized carbons (Fsp3) is 0.444. The van der Waals surface area contributed by atoms with Crippen LogP contribution in [0.3, 0.4) is 0 Å². The Morgan fingerprint density at radius 3 is 2.69 bits per heavy atom. The molecule has 1 rings (SSSR count). The van der Waals surface area contributed by atoms with Crippen LogP contribution in [0.5, 0.6) is 5.75 Å². The second kappa shape index (κ2) is 4.28. The smallest absolute Gasteiger partial charge is 0.348 e. The molecule has 1 aromatic heterocycles. The Bertz CT molecular complexity index is 291. The number of rotatable bonds is 3. The summed E-state index contributed by atoms with van der Waals surface area (Å²) >= 11 is 1.32. The molecule has 0 amide bonds. The molecule has 0 saturated heterocycles. The third-order valence-electron chi connectivity index (χ3n) is 1.36. The van der Waals surface area contributed by atoms with E-state index in [0.29, 0.717) is 10.6 Å². The second-order valence-corrected chi connectivity index (χ2v) is 3.72. The Balaban J connectivity index is 2.66. The van der Waals surface area contributed by atoms with Gasteiger partial charge in [0.05, 0.1) is 13.2 Å². The van der Waals surface area contributed by atoms with Crippen LogP contribution in [0.25, 0.3) is 0 Å². The van der Waals surface area contributed by atoms with Crippen molar-refractivity contribution in [1.82, 2.24) is 0 Å². The predicted molar refractivity (Wildman–Crippen MR) is 51.4 cm³/mol. The number of hydrogen-bond donors (Lipinski definition) is 0. The molecule has 0 N–H and O–H groups in total. The fourth-order valence-corrected chi connectivity index (χ4v) is 1.54. The van der Waals surface area contributed by atoms with Crippen molar-refractivity contribution in [1.29, 1.82) is 0 Å². The highest BCUT2D eigenvalue weighted by Crippen LogP contribution is 2.21. The average Bonchev–Trinajstić information content (AvgIpc) is 2.50. The molecule has 4 heteroatoms. The van der Waals surface area contributed by atoms with Gasteiger partial charge in [-0.05, 0) is 13.8 Å². The monoisotopic (exact) mass is 200 g/mol. The predicted octanol–water partition coefficient (Wildman–Crippen LogP) is 2.32. The van der Waals surface area contributed by atoms with Gasteiger partial charge < -0.3 is 9.47 Å². The summed E-state index contributed by atoms with van der Waals surface area (Å²) in [6, 6.07) is 1.68. The molecule has 0 fully saturated rings. The highest BCUT2D eigenvalue weighted by atomic mass is 32.1. The molecular weight excluding hydrogens is 188 g/mol. The summed E-state index contributed by atoms with van der Waals surface area (Å²) in [5.41, 5.74) is 0. The van der Waals surface area contributed by atoms with Gasteiger partial charge >= 0.3 is 5.97 Å². The van der Waals surface area contributed by atoms with E-state index in [9.17, 15) is 4.79 Å². The van der Waals surface area contributed by atoms with E-state index in [-0.39, 0.29) is 12.1 Å². The Morgan fingerprint density at radius 2 is 2.23 bits per heavy atom. The molecule has 0 bridgehead atoms. The quantitative estimate of drug-likeness (QED) is 0.702. The maximum Gasteiger partial charge on any atom is 0.348 e. The minimum Gasteiger partial charge on any atom is -0.496 e. The van der Waals surface area contributed by atoms with E-state index in [4.69, 9.17) is 9.47 Å². The number of thiophene rings is 1. The zero-order valence-electron chi connectivity index (χ0n) is 7.87. The van der Waals surface area contributed by atoms with Crippen LogP contribution >= 0.6 is 11.3 Å². The van der Waals surface area contributed by atoms with E-state index >= 15 is 0 Å². The maximum absolute atomic E-state index is 11.3. The molecular formula is C9H12O3S. The number of carbonyl (C=O) groups is 1. The van der Waals surface area contributed by atoms with Crippen LogP contribution in [0.4, 0.5) is 0 Å². The van der Waals surface area contributed by atoms with Crippen LogP contribution in [0.1, 0.15) is 23.5 Å². The number of ether oxygens (including phenoxy) is 2. The van der Waals surface area contributed by atoms with Gasteiger partial charge in [-0.15, -0.1) is 11.3 Å². The van der Waals surface area contributed by atoms with E-state index in [1.54, 1.807) is 18.6 Å². The van der Waals surface area contributed by atoms with Crippen LogP contribution < -0.4 is 4.74 Å². The van der Waals surface area contributed by atoms with Crippen molar-refractivity contribution >= 4 is 17.3 Å². The molecule has 0 aliphatic heterocycles. The summed E-state index contributed by atoms with van der Waals surface area (Å²) in [5, 5.41) is 1.77. The van der Waals surface area contributed by atoms with E-state index in [1.807, 2.05) is 13.8 Å². The van der Waals surface area contributed by atoms with Crippen LogP contribution in [0, 0.1) is 0 Å². The van der Waals surface area contributed by atoms with Gasteiger partial charge in [0.15, 0.2) is 0 Å². The first kappa shape index (κ1) is 10.1. The van der Waals surface area contributed by atoms with Gasteiger partial charge in [0.1, 0.15) is 10.6 Å². The molecule has 0 aliphatic rings. The molecule has 0 saturated carbocycles. The average molecular weight is 200 g/mol. The van der Waals surface area contributed by atoms with Crippen molar-refractivity contribution in [2.75, 3.05) is 7.11 Å². The van der Waals surface area contributed by atoms with Crippen molar-refractivity contribution in [2.45, 2.75) is 20.0 Å². The van der Waals surface area contributed by atoms with Crippen LogP contribution in [-0.2, 0) is 4.74 Å². The second-order valence-electron chi connectivity index (χ2n) is 2.80. The van der Waals surface area contributed by atoms with Gasteiger partial charge in [-0.2, -0.15) is 0 Å². The van der Waals surface area contributed by atoms with Crippen LogP contribution in [0.15, 0.2) is 11.4 Å². The summed E-state index contributed by atoms with van der Waals surface area (Å²) < 4.78 is 9.96. The van der Waals surface area contributed by atoms with Gasteiger partial charge in [0.25, 0.3) is 0 Å². The molecule has 0 aliphatic carbocycles. The summed E-state index contributed by atoms with van der Waals surface area (Å²) in [7, 11) is 1.57. The van der Waals surface area contributed by atoms with Crippen molar-refractivity contribution in [3.8, 4) is 5.75 Å². The lowest BCUT2D eigenvalue weighted by molar-refractivity contribution is 0.0383. The zero-order chi connectivity index (χ0) is 9.84. The molecule has 72 valence electrons. The summed E-state index contributed by atoms with van der Waals surface area (Å²) in [5.74, 6) is 0.406. The zero-order valence-corrected chi connectivity index (χ0v) is 8.68. The first-order valence-corrected chi connectivity index (χ1v) is 4.85. The third kappa shape index (κ3) is 2.73. The number of hydrogen-bond acceptors (Lipinski definition) is 4. The minimum absolute atomic E-state index is 0.0828. The van der Waals surface area contributed by atoms with Gasteiger partial charge in [-0.1, -0.05) is 0 Å². The molecule has 0 spiro atoms. The summed E-state index contributed by atoms with van der Waals surface area (Å²) in [6.07, 6.45) is -0.0828. The van der Waals surface area contributed by atoms with Crippen molar-refractivity contribution in [2.24, 2.45) is 0 Å². The molecule has 1 aromatic rings. The SMILES string of the molecule is COc1csc(C(=O)OC(C)C)c1. The summed E-state index contributed by atoms with van der Waals surface area (Å²) in [4.78, 5) is 11.9. The van der Waals surface area contributed by atoms with Crippen molar-refractivity contribution < 1.29 is 14.3 Å². The molecule has 0 unspecified atom stereocenters. The molecule has 3 nitrogen and oxygen atoms in total. The van der Waals surface area contributed by atoms with Crippen molar-refractivity contribution in [3.05, 3.63) is 16.3 Å². The standard InChI is InChI=1S/C9H12O3S/c1-6(2)12-9(10)8-4-7(11-3)5-13-8/h4-6H,1-3H3. The Hall–Kier alpha value is -1.03. The van der Waals surface area contributed by atoms with E-state index in [0.717, 1.165) is 0 Å². The largest absolute Gasteiger partial charge is 0.496 e. The van der Waals surface area contributed by atoms with E-state index in [2.05, 4.69) is 0 Å². The van der Waals surface area contributed by atoms with Crippen LogP contribution in [-0.4, -0.2) is 19.2 Å². The minimum atomic E-state index is -0.289. The molecule has 13 heavy (non-hydrogen) atoms. The lowest BCUT2D eigenvalue weighted by Gasteiger charge is -2.05. The number of methoxy groups -OCH3 is 1. The van der Waals surface area contributed by atoms with Gasteiger partial charge in [0.2, 0.25) is 0 Å². The lowest BCUT2D eigenvalue weighted by atomic mass is 10.4. The molecule has 0 aromatic carbocycles. The maximum atomic E-state index is 11.3. The first-order chi connectivity index (χ1) is 6.13. The van der Waals surface area contributed by atoms with Crippen molar-refractivity contribution in [3.63, 3.8) is 0 Å². The Morgan fingerprint density at radius 1 is 1.54 bits per heavy atom. The van der Waals surface area contributed by atoms with E-state index < -0.39 is 0 Å². The van der Waals surface area contributed by atoms with Crippen LogP contribution in [0.2, 0.25) is 0 Å². The van der Waals surface area contributed by atoms with Gasteiger partial charge in [-0.25, -0.2) is 4.79 Å². The van der Waals surface area contributed by atoms with E-state index in [1.165, 1.54) is 11.3 Å². The number of esters is 1. The Labute approximate surface area is 81.3 Å². The molecule has 0 radical (unpaired) electrons. The first-order valence-electron chi connectivity index (χ1n) is 3.97. The highest BCUT2D eigenvalue weighted by Gasteiger charge is 2.11. The Kier molecular flexibility index (Phi) is 3.31. The van der Waals surface area contributed by atoms with Gasteiger partial charge in [0, 0.05) is 11.4 Å². The molecule has 1 heterocycles. The summed E-state index contributed by atoms with van der Waals surface area (Å²) in [6.45, 7) is 3.64. The highest BCUT2D eigenvalue weighted by molar-refractivity contribution is 7.12. The molecule has 0 atom stereocenters. The fourth-order valence-electron chi connectivity index (χ4n) is 0.805. The lowest BCUT2D eigenvalue weighted by Crippen LogP contribution is -2.09. The third-order valence-corrected chi connectivity index (χ3v) is 2.24. The number of carbonyl (C=O) groups excluding carboxylic acids is 1. The topological polar surface area (TPSA) is 35.5 Å². The normalized spacial score (nSPS) is 10.2. The van der Waals surface area contributed by atoms with Gasteiger partial charge in [-0.3, -0.25) is 0 Å².